The Kier molecular flexibility index (Phi) is 12.0. The lowest BCUT2D eigenvalue weighted by Gasteiger charge is -2.37. The number of rotatable bonds is 17. The number of aliphatic hydroxyl groups excluding tert-OH is 1. The molecule has 0 bridgehead atoms. The molecule has 5 atom stereocenters. The van der Waals surface area contributed by atoms with E-state index in [0.717, 1.165) is 43.7 Å². The molecule has 1 aliphatic heterocycles. The summed E-state index contributed by atoms with van der Waals surface area (Å²) in [4.78, 5) is 11.3. The molecule has 3 aromatic carbocycles. The average molecular weight is 657 g/mol. The Bertz CT molecular complexity index is 1450. The van der Waals surface area contributed by atoms with Crippen LogP contribution in [0.2, 0.25) is 6.04 Å². The van der Waals surface area contributed by atoms with Gasteiger partial charge < -0.3 is 28.8 Å². The van der Waals surface area contributed by atoms with Crippen molar-refractivity contribution in [3.8, 4) is 17.2 Å². The van der Waals surface area contributed by atoms with Crippen LogP contribution in [0.1, 0.15) is 58.8 Å². The van der Waals surface area contributed by atoms with Crippen molar-refractivity contribution < 1.29 is 33.6 Å². The predicted molar refractivity (Wildman–Crippen MR) is 187 cm³/mol. The van der Waals surface area contributed by atoms with Gasteiger partial charge in [0.2, 0.25) is 5.75 Å². The van der Waals surface area contributed by atoms with E-state index < -0.39 is 27.0 Å². The maximum atomic E-state index is 11.3. The number of unbranched alkanes of at least 4 members (excludes halogenated alkanes) is 2. The number of hydrogen-bond acceptors (Lipinski definition) is 6. The highest BCUT2D eigenvalue weighted by atomic mass is 28.4. The van der Waals surface area contributed by atoms with Gasteiger partial charge in [-0.15, -0.1) is 0 Å². The number of carboxylic acids is 1. The molecule has 5 rings (SSSR count). The van der Waals surface area contributed by atoms with E-state index in [1.54, 1.807) is 12.1 Å². The molecule has 0 spiro atoms. The van der Waals surface area contributed by atoms with Crippen molar-refractivity contribution in [3.05, 3.63) is 103 Å². The van der Waals surface area contributed by atoms with E-state index in [1.165, 1.54) is 10.4 Å². The zero-order valence-corrected chi connectivity index (χ0v) is 28.6. The topological polar surface area (TPSA) is 94.5 Å². The molecule has 3 aromatic rings. The second-order valence-corrected chi connectivity index (χ2v) is 16.2. The summed E-state index contributed by atoms with van der Waals surface area (Å²) >= 11 is 0. The van der Waals surface area contributed by atoms with Crippen molar-refractivity contribution in [1.29, 1.82) is 0 Å². The number of para-hydroxylation sites is 1. The Hall–Kier alpha value is -3.85. The summed E-state index contributed by atoms with van der Waals surface area (Å²) in [6.07, 6.45) is 8.44. The Balaban J connectivity index is 1.51. The maximum Gasteiger partial charge on any atom is 0.341 e. The highest BCUT2D eigenvalue weighted by Crippen LogP contribution is 2.48. The van der Waals surface area contributed by atoms with Crippen LogP contribution in [0.3, 0.4) is 0 Å². The fraction of sp³-hybridized carbons (Fsp3) is 0.410. The summed E-state index contributed by atoms with van der Waals surface area (Å²) in [5, 5.41) is 22.7. The Morgan fingerprint density at radius 1 is 0.979 bits per heavy atom. The first-order valence-corrected chi connectivity index (χ1v) is 19.1. The zero-order chi connectivity index (χ0) is 33.2. The van der Waals surface area contributed by atoms with Crippen molar-refractivity contribution in [1.82, 2.24) is 0 Å². The van der Waals surface area contributed by atoms with Crippen molar-refractivity contribution in [3.63, 3.8) is 0 Å². The van der Waals surface area contributed by atoms with Gasteiger partial charge in [-0.05, 0) is 47.8 Å². The molecule has 1 heterocycles. The van der Waals surface area contributed by atoms with Crippen LogP contribution < -0.4 is 24.6 Å². The van der Waals surface area contributed by atoms with Crippen LogP contribution in [0.15, 0.2) is 103 Å². The van der Waals surface area contributed by atoms with Crippen molar-refractivity contribution in [2.75, 3.05) is 6.61 Å². The number of carbonyl (C=O) groups is 1. The third-order valence-electron chi connectivity index (χ3n) is 9.12. The van der Waals surface area contributed by atoms with Gasteiger partial charge in [0.05, 0.1) is 12.2 Å². The molecular formula is C39H48O7Si. The highest BCUT2D eigenvalue weighted by Gasteiger charge is 2.52. The molecule has 250 valence electrons. The fourth-order valence-corrected chi connectivity index (χ4v) is 11.1. The summed E-state index contributed by atoms with van der Waals surface area (Å²) in [5.41, 5.74) is 1.04. The molecule has 0 aromatic heterocycles. The van der Waals surface area contributed by atoms with Crippen molar-refractivity contribution in [2.45, 2.75) is 89.3 Å². The molecule has 0 saturated heterocycles. The summed E-state index contributed by atoms with van der Waals surface area (Å²) in [5.74, 6) is -0.0336. The summed E-state index contributed by atoms with van der Waals surface area (Å²) in [6.45, 7) is 8.07. The van der Waals surface area contributed by atoms with E-state index in [1.807, 2.05) is 24.3 Å². The van der Waals surface area contributed by atoms with E-state index >= 15 is 0 Å². The first-order valence-electron chi connectivity index (χ1n) is 17.0. The lowest BCUT2D eigenvalue weighted by atomic mass is 9.99. The van der Waals surface area contributed by atoms with E-state index in [0.29, 0.717) is 30.1 Å². The third kappa shape index (κ3) is 8.36. The van der Waals surface area contributed by atoms with Crippen LogP contribution in [0.4, 0.5) is 0 Å². The quantitative estimate of drug-likeness (QED) is 0.124. The van der Waals surface area contributed by atoms with Crippen LogP contribution in [-0.4, -0.2) is 55.5 Å². The van der Waals surface area contributed by atoms with Gasteiger partial charge in [0.1, 0.15) is 12.2 Å². The minimum absolute atomic E-state index is 0.212. The van der Waals surface area contributed by atoms with Crippen LogP contribution >= 0.6 is 0 Å². The van der Waals surface area contributed by atoms with Crippen LogP contribution in [-0.2, 0) is 9.22 Å². The van der Waals surface area contributed by atoms with Gasteiger partial charge in [0.15, 0.2) is 18.1 Å². The third-order valence-corrected chi connectivity index (χ3v) is 13.4. The standard InChI is InChI=1S/C39H48O7Si/c1-4-6-15-28(3)25-29(40)22-23-32-35(26-36-38(32)44-34-21-14-20-33(39(34)45-36)43-27-37(41)42)46-47(24-7-5-2,30-16-10-8-11-17-30)31-18-12-9-13-19-31/h8-14,16-23,29,32,35-36,38,40H,3-7,15,24-27H2,1-2H3,(H,41,42)/b23-22+/t29-,32-,35+,36-,38+/m0/s1. The molecule has 0 amide bonds. The number of ether oxygens (including phenoxy) is 3. The molecule has 47 heavy (non-hydrogen) atoms. The molecule has 2 N–H and O–H groups in total. The number of benzene rings is 3. The molecule has 0 unspecified atom stereocenters. The van der Waals surface area contributed by atoms with Crippen LogP contribution in [0, 0.1) is 5.92 Å². The van der Waals surface area contributed by atoms with Gasteiger partial charge in [-0.1, -0.05) is 124 Å². The number of aliphatic carboxylic acids is 1. The van der Waals surface area contributed by atoms with Crippen LogP contribution in [0.5, 0.6) is 17.2 Å². The summed E-state index contributed by atoms with van der Waals surface area (Å²) in [6, 6.07) is 27.4. The van der Waals surface area contributed by atoms with Gasteiger partial charge in [-0.3, -0.25) is 0 Å². The van der Waals surface area contributed by atoms with E-state index in [-0.39, 0.29) is 24.2 Å². The van der Waals surface area contributed by atoms with E-state index in [2.05, 4.69) is 75.0 Å². The minimum atomic E-state index is -2.76. The number of fused-ring (bicyclic) bond motifs is 2. The molecule has 0 radical (unpaired) electrons. The van der Waals surface area contributed by atoms with Crippen LogP contribution in [0.25, 0.3) is 0 Å². The number of hydrogen-bond donors (Lipinski definition) is 2. The van der Waals surface area contributed by atoms with Gasteiger partial charge in [0, 0.05) is 12.3 Å². The molecular weight excluding hydrogens is 609 g/mol. The Morgan fingerprint density at radius 3 is 2.30 bits per heavy atom. The molecule has 8 heteroatoms. The lowest BCUT2D eigenvalue weighted by molar-refractivity contribution is -0.139. The molecule has 1 saturated carbocycles. The van der Waals surface area contributed by atoms with Gasteiger partial charge >= 0.3 is 5.97 Å². The zero-order valence-electron chi connectivity index (χ0n) is 27.6. The summed E-state index contributed by atoms with van der Waals surface area (Å²) in [7, 11) is -2.76. The van der Waals surface area contributed by atoms with Crippen molar-refractivity contribution >= 4 is 24.7 Å². The predicted octanol–water partition coefficient (Wildman–Crippen LogP) is 6.68. The second kappa shape index (κ2) is 16.3. The Labute approximate surface area is 280 Å². The van der Waals surface area contributed by atoms with Gasteiger partial charge in [0.25, 0.3) is 8.32 Å². The molecule has 7 nitrogen and oxygen atoms in total. The minimum Gasteiger partial charge on any atom is -0.482 e. The SMILES string of the molecule is C=C(CCCC)C[C@@H](O)/C=C/[C@@H]1[C@H]2Oc3cccc(OCC(=O)O)c3O[C@H]2C[C@H]1O[Si](CCCC)(c1ccccc1)c1ccccc1. The molecule has 2 aliphatic rings. The average Bonchev–Trinajstić information content (AvgIpc) is 3.42. The lowest BCUT2D eigenvalue weighted by Crippen LogP contribution is -2.62. The monoisotopic (exact) mass is 656 g/mol. The van der Waals surface area contributed by atoms with E-state index in [9.17, 15) is 15.0 Å². The second-order valence-electron chi connectivity index (χ2n) is 12.6. The number of carboxylic acid groups (broad SMARTS) is 1. The molecule has 1 aliphatic carbocycles. The van der Waals surface area contributed by atoms with Gasteiger partial charge in [-0.25, -0.2) is 4.79 Å². The highest BCUT2D eigenvalue weighted by molar-refractivity contribution is 6.97. The largest absolute Gasteiger partial charge is 0.482 e. The number of aliphatic hydroxyl groups is 1. The fourth-order valence-electron chi connectivity index (χ4n) is 6.76. The normalized spacial score (nSPS) is 20.9. The summed E-state index contributed by atoms with van der Waals surface area (Å²) < 4.78 is 26.4. The first kappa shape index (κ1) is 34.5. The van der Waals surface area contributed by atoms with E-state index in [4.69, 9.17) is 18.6 Å². The van der Waals surface area contributed by atoms with Gasteiger partial charge in [-0.2, -0.15) is 0 Å². The first-order chi connectivity index (χ1) is 22.8. The van der Waals surface area contributed by atoms with Crippen molar-refractivity contribution in [2.24, 2.45) is 5.92 Å². The molecule has 1 fully saturated rings. The maximum absolute atomic E-state index is 11.3. The smallest absolute Gasteiger partial charge is 0.341 e. The Morgan fingerprint density at radius 2 is 1.66 bits per heavy atom.